The number of methoxy groups -OCH3 is 1. The number of nitrogens with zero attached hydrogens (tertiary/aromatic N) is 2. The molecule has 0 aliphatic rings. The van der Waals surface area contributed by atoms with E-state index in [1.165, 1.54) is 23.4 Å². The third-order valence-electron chi connectivity index (χ3n) is 5.36. The van der Waals surface area contributed by atoms with Crippen LogP contribution in [-0.2, 0) is 11.8 Å². The van der Waals surface area contributed by atoms with Gasteiger partial charge >= 0.3 is 0 Å². The number of carbonyl (C=O) groups excluding carboxylic acids is 2. The second-order valence-electron chi connectivity index (χ2n) is 7.76. The zero-order chi connectivity index (χ0) is 24.9. The lowest BCUT2D eigenvalue weighted by Crippen LogP contribution is -2.25. The number of hydrogen-bond donors (Lipinski definition) is 2. The van der Waals surface area contributed by atoms with Gasteiger partial charge in [-0.1, -0.05) is 36.0 Å². The van der Waals surface area contributed by atoms with Crippen molar-refractivity contribution in [1.82, 2.24) is 9.55 Å². The van der Waals surface area contributed by atoms with Gasteiger partial charge in [0, 0.05) is 18.3 Å². The molecule has 4 rings (SSSR count). The molecular formula is C26H24N4O4S. The van der Waals surface area contributed by atoms with E-state index in [0.29, 0.717) is 38.7 Å². The van der Waals surface area contributed by atoms with Crippen LogP contribution < -0.4 is 20.9 Å². The summed E-state index contributed by atoms with van der Waals surface area (Å²) >= 11 is 1.20. The number of ether oxygens (including phenoxy) is 1. The van der Waals surface area contributed by atoms with Gasteiger partial charge in [0.2, 0.25) is 5.91 Å². The van der Waals surface area contributed by atoms with E-state index in [4.69, 9.17) is 4.74 Å². The first-order chi connectivity index (χ1) is 16.9. The van der Waals surface area contributed by atoms with Crippen molar-refractivity contribution in [1.29, 1.82) is 0 Å². The summed E-state index contributed by atoms with van der Waals surface area (Å²) in [6, 6.07) is 20.9. The molecule has 0 saturated heterocycles. The summed E-state index contributed by atoms with van der Waals surface area (Å²) in [7, 11) is 3.18. The Morgan fingerprint density at radius 2 is 1.66 bits per heavy atom. The van der Waals surface area contributed by atoms with Gasteiger partial charge < -0.3 is 15.4 Å². The van der Waals surface area contributed by atoms with Crippen molar-refractivity contribution >= 4 is 45.9 Å². The monoisotopic (exact) mass is 488 g/mol. The van der Waals surface area contributed by atoms with E-state index in [2.05, 4.69) is 15.6 Å². The van der Waals surface area contributed by atoms with Gasteiger partial charge in [-0.25, -0.2) is 4.98 Å². The number of benzene rings is 3. The molecule has 3 aromatic carbocycles. The molecule has 0 bridgehead atoms. The summed E-state index contributed by atoms with van der Waals surface area (Å²) < 4.78 is 6.71. The highest BCUT2D eigenvalue weighted by Gasteiger charge is 2.19. The van der Waals surface area contributed by atoms with E-state index in [1.54, 1.807) is 74.6 Å². The molecule has 1 aromatic heterocycles. The van der Waals surface area contributed by atoms with Crippen LogP contribution in [0.4, 0.5) is 11.4 Å². The van der Waals surface area contributed by atoms with Gasteiger partial charge in [0.25, 0.3) is 11.5 Å². The number of thioether (sulfide) groups is 1. The Hall–Kier alpha value is -4.11. The number of aromatic nitrogens is 2. The van der Waals surface area contributed by atoms with Crippen LogP contribution in [0.3, 0.4) is 0 Å². The quantitative estimate of drug-likeness (QED) is 0.297. The van der Waals surface area contributed by atoms with Crippen LogP contribution >= 0.6 is 11.8 Å². The molecular weight excluding hydrogens is 464 g/mol. The SMILES string of the molecule is COc1ccccc1NC(=O)c1ccc(NC(=O)C(C)Sc2nc3ccccc3c(=O)n2C)cc1. The van der Waals surface area contributed by atoms with Crippen molar-refractivity contribution in [2.45, 2.75) is 17.3 Å². The second-order valence-corrected chi connectivity index (χ2v) is 9.06. The van der Waals surface area contributed by atoms with E-state index in [1.807, 2.05) is 12.1 Å². The van der Waals surface area contributed by atoms with Crippen molar-refractivity contribution < 1.29 is 14.3 Å². The minimum absolute atomic E-state index is 0.160. The maximum atomic E-state index is 12.8. The fourth-order valence-corrected chi connectivity index (χ4v) is 4.28. The zero-order valence-electron chi connectivity index (χ0n) is 19.4. The van der Waals surface area contributed by atoms with Crippen LogP contribution in [0.1, 0.15) is 17.3 Å². The summed E-state index contributed by atoms with van der Waals surface area (Å²) in [5.41, 5.74) is 1.99. The lowest BCUT2D eigenvalue weighted by Gasteiger charge is -2.14. The van der Waals surface area contributed by atoms with E-state index in [0.717, 1.165) is 0 Å². The van der Waals surface area contributed by atoms with Gasteiger partial charge in [0.1, 0.15) is 5.75 Å². The molecule has 0 aliphatic carbocycles. The van der Waals surface area contributed by atoms with Crippen molar-refractivity contribution in [2.75, 3.05) is 17.7 Å². The normalized spacial score (nSPS) is 11.6. The summed E-state index contributed by atoms with van der Waals surface area (Å²) in [4.78, 5) is 42.5. The summed E-state index contributed by atoms with van der Waals surface area (Å²) in [6.45, 7) is 1.75. The molecule has 178 valence electrons. The van der Waals surface area contributed by atoms with Crippen molar-refractivity contribution in [3.63, 3.8) is 0 Å². The molecule has 35 heavy (non-hydrogen) atoms. The Bertz CT molecular complexity index is 1450. The number of rotatable bonds is 7. The number of fused-ring (bicyclic) bond motifs is 1. The smallest absolute Gasteiger partial charge is 0.261 e. The fourth-order valence-electron chi connectivity index (χ4n) is 3.41. The number of anilines is 2. The van der Waals surface area contributed by atoms with Gasteiger partial charge in [-0.15, -0.1) is 0 Å². The molecule has 2 amide bonds. The number of amides is 2. The van der Waals surface area contributed by atoms with E-state index < -0.39 is 5.25 Å². The van der Waals surface area contributed by atoms with Gasteiger partial charge in [-0.05, 0) is 55.5 Å². The first-order valence-electron chi connectivity index (χ1n) is 10.8. The maximum Gasteiger partial charge on any atom is 0.261 e. The van der Waals surface area contributed by atoms with Crippen molar-refractivity contribution in [3.05, 3.63) is 88.7 Å². The standard InChI is InChI=1S/C26H24N4O4S/c1-16(35-26-29-20-9-5-4-8-19(20)25(33)30(26)2)23(31)27-18-14-12-17(13-15-18)24(32)28-21-10-6-7-11-22(21)34-3/h4-16H,1-3H3,(H,27,31)(H,28,32). The van der Waals surface area contributed by atoms with Crippen molar-refractivity contribution in [2.24, 2.45) is 7.05 Å². The Morgan fingerprint density at radius 1 is 0.971 bits per heavy atom. The van der Waals surface area contributed by atoms with Crippen LogP contribution in [0.15, 0.2) is 82.7 Å². The molecule has 0 aliphatic heterocycles. The van der Waals surface area contributed by atoms with Crippen LogP contribution in [0.2, 0.25) is 0 Å². The lowest BCUT2D eigenvalue weighted by atomic mass is 10.2. The zero-order valence-corrected chi connectivity index (χ0v) is 20.3. The minimum Gasteiger partial charge on any atom is -0.495 e. The number of para-hydroxylation sites is 3. The number of nitrogens with one attached hydrogen (secondary N) is 2. The van der Waals surface area contributed by atoms with Gasteiger partial charge in [-0.3, -0.25) is 19.0 Å². The molecule has 0 radical (unpaired) electrons. The number of carbonyl (C=O) groups is 2. The molecule has 1 unspecified atom stereocenters. The molecule has 2 N–H and O–H groups in total. The predicted octanol–water partition coefficient (Wildman–Crippen LogP) is 4.31. The summed E-state index contributed by atoms with van der Waals surface area (Å²) in [5.74, 6) is 0.0258. The van der Waals surface area contributed by atoms with Crippen LogP contribution in [0.25, 0.3) is 10.9 Å². The summed E-state index contributed by atoms with van der Waals surface area (Å²) in [5, 5.41) is 6.14. The molecule has 8 nitrogen and oxygen atoms in total. The third kappa shape index (κ3) is 5.36. The molecule has 0 fully saturated rings. The molecule has 9 heteroatoms. The van der Waals surface area contributed by atoms with E-state index in [-0.39, 0.29) is 17.4 Å². The predicted molar refractivity (Wildman–Crippen MR) is 138 cm³/mol. The van der Waals surface area contributed by atoms with Gasteiger partial charge in [0.15, 0.2) is 5.16 Å². The molecule has 0 saturated carbocycles. The van der Waals surface area contributed by atoms with Crippen LogP contribution in [0.5, 0.6) is 5.75 Å². The maximum absolute atomic E-state index is 12.8. The second kappa shape index (κ2) is 10.4. The average Bonchev–Trinajstić information content (AvgIpc) is 2.87. The topological polar surface area (TPSA) is 102 Å². The molecule has 4 aromatic rings. The van der Waals surface area contributed by atoms with Gasteiger partial charge in [-0.2, -0.15) is 0 Å². The number of hydrogen-bond acceptors (Lipinski definition) is 6. The average molecular weight is 489 g/mol. The first-order valence-corrected chi connectivity index (χ1v) is 11.7. The van der Waals surface area contributed by atoms with E-state index in [9.17, 15) is 14.4 Å². The highest BCUT2D eigenvalue weighted by atomic mass is 32.2. The molecule has 1 atom stereocenters. The largest absolute Gasteiger partial charge is 0.495 e. The first kappa shape index (κ1) is 24.0. The highest BCUT2D eigenvalue weighted by Crippen LogP contribution is 2.25. The lowest BCUT2D eigenvalue weighted by molar-refractivity contribution is -0.115. The molecule has 0 spiro atoms. The highest BCUT2D eigenvalue weighted by molar-refractivity contribution is 8.00. The Kier molecular flexibility index (Phi) is 7.17. The Morgan fingerprint density at radius 3 is 2.40 bits per heavy atom. The Labute approximate surface area is 206 Å². The van der Waals surface area contributed by atoms with Crippen LogP contribution in [0, 0.1) is 0 Å². The van der Waals surface area contributed by atoms with Crippen LogP contribution in [-0.4, -0.2) is 33.7 Å². The van der Waals surface area contributed by atoms with Crippen molar-refractivity contribution in [3.8, 4) is 5.75 Å². The Balaban J connectivity index is 1.41. The fraction of sp³-hybridized carbons (Fsp3) is 0.154. The third-order valence-corrected chi connectivity index (χ3v) is 6.51. The summed E-state index contributed by atoms with van der Waals surface area (Å²) in [6.07, 6.45) is 0. The minimum atomic E-state index is -0.511. The van der Waals surface area contributed by atoms with Gasteiger partial charge in [0.05, 0.1) is 29.0 Å². The molecule has 1 heterocycles. The van der Waals surface area contributed by atoms with E-state index >= 15 is 0 Å².